The second kappa shape index (κ2) is 5.09. The topological polar surface area (TPSA) is 54.7 Å². The van der Waals surface area contributed by atoms with Crippen LogP contribution in [0.3, 0.4) is 0 Å². The van der Waals surface area contributed by atoms with E-state index in [0.717, 1.165) is 18.2 Å². The Morgan fingerprint density at radius 2 is 2.05 bits per heavy atom. The summed E-state index contributed by atoms with van der Waals surface area (Å²) in [6.07, 6.45) is 2.17. The highest BCUT2D eigenvalue weighted by atomic mass is 19.1. The molecule has 1 heterocycles. The van der Waals surface area contributed by atoms with E-state index in [1.54, 1.807) is 0 Å². The summed E-state index contributed by atoms with van der Waals surface area (Å²) < 4.78 is 26.8. The van der Waals surface area contributed by atoms with Gasteiger partial charge in [-0.2, -0.15) is 0 Å². The summed E-state index contributed by atoms with van der Waals surface area (Å²) in [5.74, 6) is -0.237. The Labute approximate surface area is 110 Å². The summed E-state index contributed by atoms with van der Waals surface area (Å²) in [5.41, 5.74) is 6.23. The number of rotatable bonds is 4. The lowest BCUT2D eigenvalue weighted by atomic mass is 9.89. The number of hydrogen-bond acceptors (Lipinski definition) is 2. The molecule has 1 aromatic carbocycles. The average molecular weight is 265 g/mol. The lowest BCUT2D eigenvalue weighted by Gasteiger charge is -2.20. The van der Waals surface area contributed by atoms with Gasteiger partial charge in [-0.1, -0.05) is 13.8 Å². The van der Waals surface area contributed by atoms with Crippen molar-refractivity contribution in [2.75, 3.05) is 6.54 Å². The molecule has 0 aliphatic rings. The molecule has 2 rings (SSSR count). The summed E-state index contributed by atoms with van der Waals surface area (Å²) in [6.45, 7) is 4.58. The Bertz CT molecular complexity index is 576. The van der Waals surface area contributed by atoms with E-state index in [2.05, 4.69) is 9.97 Å². The Kier molecular flexibility index (Phi) is 3.66. The molecule has 3 N–H and O–H groups in total. The van der Waals surface area contributed by atoms with Crippen LogP contribution in [0.25, 0.3) is 11.3 Å². The fraction of sp³-hybridized carbons (Fsp3) is 0.357. The lowest BCUT2D eigenvalue weighted by Crippen LogP contribution is -2.26. The van der Waals surface area contributed by atoms with E-state index < -0.39 is 11.6 Å². The summed E-state index contributed by atoms with van der Waals surface area (Å²) in [4.78, 5) is 7.21. The second-order valence-corrected chi connectivity index (χ2v) is 5.41. The molecule has 0 radical (unpaired) electrons. The van der Waals surface area contributed by atoms with Crippen molar-refractivity contribution >= 4 is 0 Å². The minimum absolute atomic E-state index is 0.0877. The zero-order valence-corrected chi connectivity index (χ0v) is 11.0. The van der Waals surface area contributed by atoms with Crippen LogP contribution in [0.15, 0.2) is 24.4 Å². The molecule has 0 saturated carbocycles. The van der Waals surface area contributed by atoms with Crippen molar-refractivity contribution in [2.45, 2.75) is 20.3 Å². The van der Waals surface area contributed by atoms with E-state index in [1.807, 2.05) is 13.8 Å². The van der Waals surface area contributed by atoms with Crippen LogP contribution < -0.4 is 5.73 Å². The summed E-state index contributed by atoms with van der Waals surface area (Å²) in [7, 11) is 0. The predicted molar refractivity (Wildman–Crippen MR) is 70.5 cm³/mol. The Hall–Kier alpha value is -1.75. The SMILES string of the molecule is CC(C)(CN)Cc1ncc(-c2cc(F)ccc2F)[nH]1. The number of H-pyrrole nitrogens is 1. The average Bonchev–Trinajstić information content (AvgIpc) is 2.80. The molecule has 0 spiro atoms. The van der Waals surface area contributed by atoms with Crippen LogP contribution in [0.2, 0.25) is 0 Å². The van der Waals surface area contributed by atoms with Gasteiger partial charge in [0.2, 0.25) is 0 Å². The lowest BCUT2D eigenvalue weighted by molar-refractivity contribution is 0.369. The summed E-state index contributed by atoms with van der Waals surface area (Å²) >= 11 is 0. The van der Waals surface area contributed by atoms with Crippen molar-refractivity contribution in [3.63, 3.8) is 0 Å². The van der Waals surface area contributed by atoms with Crippen molar-refractivity contribution in [3.05, 3.63) is 41.9 Å². The molecule has 0 saturated heterocycles. The normalized spacial score (nSPS) is 11.8. The van der Waals surface area contributed by atoms with E-state index in [9.17, 15) is 8.78 Å². The Morgan fingerprint density at radius 1 is 1.32 bits per heavy atom. The van der Waals surface area contributed by atoms with Gasteiger partial charge in [-0.3, -0.25) is 0 Å². The Morgan fingerprint density at radius 3 is 2.74 bits per heavy atom. The molecule has 0 amide bonds. The first-order chi connectivity index (χ1) is 8.91. The van der Waals surface area contributed by atoms with Crippen LogP contribution in [0, 0.1) is 17.0 Å². The first-order valence-corrected chi connectivity index (χ1v) is 6.11. The number of benzene rings is 1. The van der Waals surface area contributed by atoms with Gasteiger partial charge < -0.3 is 10.7 Å². The molecule has 0 aliphatic carbocycles. The molecule has 102 valence electrons. The zero-order valence-electron chi connectivity index (χ0n) is 11.0. The van der Waals surface area contributed by atoms with Crippen molar-refractivity contribution in [1.82, 2.24) is 9.97 Å². The van der Waals surface area contributed by atoms with E-state index in [1.165, 1.54) is 6.20 Å². The number of imidazole rings is 1. The van der Waals surface area contributed by atoms with Crippen molar-refractivity contribution in [1.29, 1.82) is 0 Å². The van der Waals surface area contributed by atoms with Gasteiger partial charge in [-0.15, -0.1) is 0 Å². The highest BCUT2D eigenvalue weighted by Crippen LogP contribution is 2.24. The van der Waals surface area contributed by atoms with Gasteiger partial charge in [0, 0.05) is 12.0 Å². The molecule has 1 aromatic heterocycles. The predicted octanol–water partition coefficient (Wildman–Crippen LogP) is 2.88. The summed E-state index contributed by atoms with van der Waals surface area (Å²) in [5, 5.41) is 0. The van der Waals surface area contributed by atoms with E-state index in [-0.39, 0.29) is 11.0 Å². The van der Waals surface area contributed by atoms with Crippen LogP contribution in [0.1, 0.15) is 19.7 Å². The fourth-order valence-corrected chi connectivity index (χ4v) is 1.82. The Balaban J connectivity index is 2.28. The molecule has 19 heavy (non-hydrogen) atoms. The monoisotopic (exact) mass is 265 g/mol. The quantitative estimate of drug-likeness (QED) is 0.893. The van der Waals surface area contributed by atoms with Gasteiger partial charge in [-0.05, 0) is 30.2 Å². The molecular weight excluding hydrogens is 248 g/mol. The highest BCUT2D eigenvalue weighted by Gasteiger charge is 2.19. The number of halogens is 2. The molecule has 5 heteroatoms. The van der Waals surface area contributed by atoms with Crippen LogP contribution in [0.4, 0.5) is 8.78 Å². The molecule has 0 unspecified atom stereocenters. The molecular formula is C14H17F2N3. The maximum Gasteiger partial charge on any atom is 0.132 e. The van der Waals surface area contributed by atoms with Crippen molar-refractivity contribution in [2.24, 2.45) is 11.1 Å². The van der Waals surface area contributed by atoms with Gasteiger partial charge in [0.1, 0.15) is 17.5 Å². The maximum atomic E-state index is 13.6. The third-order valence-electron chi connectivity index (χ3n) is 3.05. The van der Waals surface area contributed by atoms with Crippen molar-refractivity contribution < 1.29 is 8.78 Å². The minimum atomic E-state index is -0.477. The smallest absolute Gasteiger partial charge is 0.132 e. The van der Waals surface area contributed by atoms with Crippen molar-refractivity contribution in [3.8, 4) is 11.3 Å². The number of aromatic nitrogens is 2. The van der Waals surface area contributed by atoms with Gasteiger partial charge in [0.05, 0.1) is 11.9 Å². The first kappa shape index (κ1) is 13.7. The third-order valence-corrected chi connectivity index (χ3v) is 3.05. The van der Waals surface area contributed by atoms with Crippen LogP contribution in [-0.4, -0.2) is 16.5 Å². The number of nitrogens with one attached hydrogen (secondary N) is 1. The molecule has 3 nitrogen and oxygen atoms in total. The third kappa shape index (κ3) is 3.17. The number of hydrogen-bond donors (Lipinski definition) is 2. The van der Waals surface area contributed by atoms with Gasteiger partial charge in [0.15, 0.2) is 0 Å². The van der Waals surface area contributed by atoms with Gasteiger partial charge in [0.25, 0.3) is 0 Å². The number of aromatic amines is 1. The summed E-state index contributed by atoms with van der Waals surface area (Å²) in [6, 6.07) is 3.35. The van der Waals surface area contributed by atoms with E-state index in [4.69, 9.17) is 5.73 Å². The minimum Gasteiger partial charge on any atom is -0.342 e. The largest absolute Gasteiger partial charge is 0.342 e. The van der Waals surface area contributed by atoms with Crippen LogP contribution in [-0.2, 0) is 6.42 Å². The number of nitrogens with two attached hydrogens (primary N) is 1. The van der Waals surface area contributed by atoms with Gasteiger partial charge >= 0.3 is 0 Å². The second-order valence-electron chi connectivity index (χ2n) is 5.41. The zero-order chi connectivity index (χ0) is 14.0. The van der Waals surface area contributed by atoms with E-state index >= 15 is 0 Å². The fourth-order valence-electron chi connectivity index (χ4n) is 1.82. The van der Waals surface area contributed by atoms with Gasteiger partial charge in [-0.25, -0.2) is 13.8 Å². The highest BCUT2D eigenvalue weighted by molar-refractivity contribution is 5.59. The molecule has 2 aromatic rings. The number of nitrogens with zero attached hydrogens (tertiary/aromatic N) is 1. The van der Waals surface area contributed by atoms with Crippen LogP contribution in [0.5, 0.6) is 0 Å². The van der Waals surface area contributed by atoms with E-state index in [0.29, 0.717) is 24.5 Å². The first-order valence-electron chi connectivity index (χ1n) is 6.11. The molecule has 0 aliphatic heterocycles. The molecule has 0 atom stereocenters. The standard InChI is InChI=1S/C14H17F2N3/c1-14(2,8-17)6-13-18-7-12(19-13)10-5-9(15)3-4-11(10)16/h3-5,7H,6,8,17H2,1-2H3,(H,18,19). The van der Waals surface area contributed by atoms with Crippen LogP contribution >= 0.6 is 0 Å². The molecule has 0 fully saturated rings. The maximum absolute atomic E-state index is 13.6. The molecule has 0 bridgehead atoms.